The van der Waals surface area contributed by atoms with Gasteiger partial charge in [-0.25, -0.2) is 0 Å². The van der Waals surface area contributed by atoms with Gasteiger partial charge in [0.2, 0.25) is 0 Å². The summed E-state index contributed by atoms with van der Waals surface area (Å²) in [5, 5.41) is 14.4. The number of aryl methyl sites for hydroxylation is 1. The highest BCUT2D eigenvalue weighted by molar-refractivity contribution is 5.40. The number of aliphatic hydroxyl groups is 1. The van der Waals surface area contributed by atoms with E-state index in [4.69, 9.17) is 0 Å². The molecule has 0 fully saturated rings. The van der Waals surface area contributed by atoms with Crippen LogP contribution in [0.4, 0.5) is 0 Å². The number of benzene rings is 1. The van der Waals surface area contributed by atoms with Gasteiger partial charge >= 0.3 is 0 Å². The molecule has 2 unspecified atom stereocenters. The third kappa shape index (κ3) is 1.87. The second-order valence-electron chi connectivity index (χ2n) is 4.77. The van der Waals surface area contributed by atoms with Gasteiger partial charge in [-0.15, -0.1) is 0 Å². The summed E-state index contributed by atoms with van der Waals surface area (Å²) in [4.78, 5) is 0. The zero-order valence-electron chi connectivity index (χ0n) is 9.87. The SMILES string of the molecule is Cn1ccc(C(O)CC2Cc3ccccc32)n1. The van der Waals surface area contributed by atoms with E-state index in [1.54, 1.807) is 4.68 Å². The van der Waals surface area contributed by atoms with Crippen LogP contribution < -0.4 is 0 Å². The molecule has 0 spiro atoms. The van der Waals surface area contributed by atoms with Crippen LogP contribution in [0.15, 0.2) is 36.5 Å². The van der Waals surface area contributed by atoms with Crippen LogP contribution in [0.25, 0.3) is 0 Å². The summed E-state index contributed by atoms with van der Waals surface area (Å²) in [6, 6.07) is 10.4. The van der Waals surface area contributed by atoms with Crippen molar-refractivity contribution in [1.82, 2.24) is 9.78 Å². The lowest BCUT2D eigenvalue weighted by Crippen LogP contribution is -2.19. The number of fused-ring (bicyclic) bond motifs is 1. The molecule has 88 valence electrons. The topological polar surface area (TPSA) is 38.0 Å². The Labute approximate surface area is 101 Å². The molecule has 1 aliphatic carbocycles. The van der Waals surface area contributed by atoms with Crippen LogP contribution >= 0.6 is 0 Å². The lowest BCUT2D eigenvalue weighted by molar-refractivity contribution is 0.148. The highest BCUT2D eigenvalue weighted by Crippen LogP contribution is 2.40. The van der Waals surface area contributed by atoms with E-state index in [0.717, 1.165) is 18.5 Å². The molecule has 1 aromatic carbocycles. The summed E-state index contributed by atoms with van der Waals surface area (Å²) in [7, 11) is 1.87. The number of hydrogen-bond acceptors (Lipinski definition) is 2. The first-order valence-electron chi connectivity index (χ1n) is 5.99. The van der Waals surface area contributed by atoms with Gasteiger partial charge in [-0.1, -0.05) is 24.3 Å². The fourth-order valence-electron chi connectivity index (χ4n) is 2.57. The summed E-state index contributed by atoms with van der Waals surface area (Å²) < 4.78 is 1.73. The Bertz CT molecular complexity index is 533. The maximum absolute atomic E-state index is 10.1. The van der Waals surface area contributed by atoms with Gasteiger partial charge in [-0.2, -0.15) is 5.10 Å². The van der Waals surface area contributed by atoms with Crippen molar-refractivity contribution in [3.63, 3.8) is 0 Å². The van der Waals surface area contributed by atoms with Crippen LogP contribution in [0.5, 0.6) is 0 Å². The minimum Gasteiger partial charge on any atom is -0.387 e. The number of aliphatic hydroxyl groups excluding tert-OH is 1. The molecule has 0 saturated heterocycles. The number of aromatic nitrogens is 2. The van der Waals surface area contributed by atoms with Gasteiger partial charge in [0.1, 0.15) is 0 Å². The molecule has 0 aliphatic heterocycles. The normalized spacial score (nSPS) is 19.5. The molecule has 2 aromatic rings. The highest BCUT2D eigenvalue weighted by Gasteiger charge is 2.28. The predicted octanol–water partition coefficient (Wildman–Crippen LogP) is 2.18. The predicted molar refractivity (Wildman–Crippen MR) is 65.7 cm³/mol. The molecule has 3 rings (SSSR count). The summed E-state index contributed by atoms with van der Waals surface area (Å²) in [5.41, 5.74) is 3.59. The summed E-state index contributed by atoms with van der Waals surface area (Å²) >= 11 is 0. The molecule has 1 heterocycles. The van der Waals surface area contributed by atoms with E-state index in [1.165, 1.54) is 11.1 Å². The van der Waals surface area contributed by atoms with Crippen molar-refractivity contribution in [3.8, 4) is 0 Å². The molecule has 0 radical (unpaired) electrons. The Morgan fingerprint density at radius 1 is 1.41 bits per heavy atom. The van der Waals surface area contributed by atoms with Crippen molar-refractivity contribution in [2.24, 2.45) is 7.05 Å². The molecule has 3 nitrogen and oxygen atoms in total. The molecule has 0 amide bonds. The quantitative estimate of drug-likeness (QED) is 0.874. The third-order valence-corrected chi connectivity index (χ3v) is 3.54. The molecule has 2 atom stereocenters. The van der Waals surface area contributed by atoms with Gasteiger partial charge < -0.3 is 5.11 Å². The largest absolute Gasteiger partial charge is 0.387 e. The molecule has 3 heteroatoms. The van der Waals surface area contributed by atoms with Crippen molar-refractivity contribution in [2.75, 3.05) is 0 Å². The highest BCUT2D eigenvalue weighted by atomic mass is 16.3. The Kier molecular flexibility index (Phi) is 2.48. The molecule has 0 bridgehead atoms. The van der Waals surface area contributed by atoms with Gasteiger partial charge in [-0.05, 0) is 36.0 Å². The van der Waals surface area contributed by atoms with Crippen LogP contribution in [0, 0.1) is 0 Å². The Hall–Kier alpha value is -1.61. The molecular weight excluding hydrogens is 212 g/mol. The van der Waals surface area contributed by atoms with E-state index in [9.17, 15) is 5.11 Å². The molecule has 1 N–H and O–H groups in total. The molecule has 17 heavy (non-hydrogen) atoms. The minimum atomic E-state index is -0.449. The van der Waals surface area contributed by atoms with E-state index in [-0.39, 0.29) is 0 Å². The minimum absolute atomic E-state index is 0.449. The first-order valence-corrected chi connectivity index (χ1v) is 5.99. The van der Waals surface area contributed by atoms with Gasteiger partial charge in [0, 0.05) is 13.2 Å². The van der Waals surface area contributed by atoms with Gasteiger partial charge in [0.15, 0.2) is 0 Å². The lowest BCUT2D eigenvalue weighted by atomic mass is 9.74. The van der Waals surface area contributed by atoms with Crippen LogP contribution in [0.2, 0.25) is 0 Å². The van der Waals surface area contributed by atoms with Crippen molar-refractivity contribution < 1.29 is 5.11 Å². The summed E-state index contributed by atoms with van der Waals surface area (Å²) in [6.45, 7) is 0. The standard InChI is InChI=1S/C14H16N2O/c1-16-7-6-13(15-16)14(17)9-11-8-10-4-2-3-5-12(10)11/h2-7,11,14,17H,8-9H2,1H3. The van der Waals surface area contributed by atoms with Crippen molar-refractivity contribution in [3.05, 3.63) is 53.3 Å². The molecule has 1 aromatic heterocycles. The van der Waals surface area contributed by atoms with Crippen LogP contribution in [-0.2, 0) is 13.5 Å². The average Bonchev–Trinajstić information content (AvgIpc) is 2.73. The second kappa shape index (κ2) is 4.00. The first-order chi connectivity index (χ1) is 8.24. The number of nitrogens with zero attached hydrogens (tertiary/aromatic N) is 2. The second-order valence-corrected chi connectivity index (χ2v) is 4.77. The fourth-order valence-corrected chi connectivity index (χ4v) is 2.57. The number of rotatable bonds is 3. The average molecular weight is 228 g/mol. The maximum Gasteiger partial charge on any atom is 0.0984 e. The van der Waals surface area contributed by atoms with E-state index in [0.29, 0.717) is 5.92 Å². The Morgan fingerprint density at radius 3 is 2.94 bits per heavy atom. The maximum atomic E-state index is 10.1. The summed E-state index contributed by atoms with van der Waals surface area (Å²) in [5.74, 6) is 0.489. The third-order valence-electron chi connectivity index (χ3n) is 3.54. The van der Waals surface area contributed by atoms with Crippen molar-refractivity contribution in [1.29, 1.82) is 0 Å². The van der Waals surface area contributed by atoms with Crippen LogP contribution in [0.3, 0.4) is 0 Å². The van der Waals surface area contributed by atoms with Gasteiger partial charge in [0.25, 0.3) is 0 Å². The Morgan fingerprint density at radius 2 is 2.24 bits per heavy atom. The van der Waals surface area contributed by atoms with Crippen molar-refractivity contribution in [2.45, 2.75) is 24.9 Å². The van der Waals surface area contributed by atoms with Gasteiger partial charge in [-0.3, -0.25) is 4.68 Å². The summed E-state index contributed by atoms with van der Waals surface area (Å²) in [6.07, 6.45) is 3.27. The van der Waals surface area contributed by atoms with Crippen LogP contribution in [0.1, 0.15) is 35.3 Å². The van der Waals surface area contributed by atoms with E-state index < -0.39 is 6.10 Å². The Balaban J connectivity index is 1.70. The number of hydrogen-bond donors (Lipinski definition) is 1. The zero-order chi connectivity index (χ0) is 11.8. The van der Waals surface area contributed by atoms with E-state index in [1.807, 2.05) is 19.3 Å². The lowest BCUT2D eigenvalue weighted by Gasteiger charge is -2.31. The fraction of sp³-hybridized carbons (Fsp3) is 0.357. The zero-order valence-corrected chi connectivity index (χ0v) is 9.87. The molecular formula is C14H16N2O. The van der Waals surface area contributed by atoms with Crippen molar-refractivity contribution >= 4 is 0 Å². The smallest absolute Gasteiger partial charge is 0.0984 e. The van der Waals surface area contributed by atoms with Gasteiger partial charge in [0.05, 0.1) is 11.8 Å². The van der Waals surface area contributed by atoms with Crippen LogP contribution in [-0.4, -0.2) is 14.9 Å². The monoisotopic (exact) mass is 228 g/mol. The molecule has 1 aliphatic rings. The van der Waals surface area contributed by atoms with E-state index in [2.05, 4.69) is 29.4 Å². The van der Waals surface area contributed by atoms with E-state index >= 15 is 0 Å². The first kappa shape index (κ1) is 10.5. The molecule has 0 saturated carbocycles.